The maximum Gasteiger partial charge on any atom is 0.255 e. The lowest BCUT2D eigenvalue weighted by atomic mass is 10.2. The molecule has 0 spiro atoms. The quantitative estimate of drug-likeness (QED) is 0.698. The molecule has 2 aromatic carbocycles. The minimum Gasteiger partial charge on any atom is -0.497 e. The van der Waals surface area contributed by atoms with Gasteiger partial charge in [0.1, 0.15) is 17.4 Å². The predicted octanol–water partition coefficient (Wildman–Crippen LogP) is 3.81. The minimum absolute atomic E-state index is 0.297. The Morgan fingerprint density at radius 3 is 2.37 bits per heavy atom. The smallest absolute Gasteiger partial charge is 0.255 e. The Morgan fingerprint density at radius 2 is 1.73 bits per heavy atom. The summed E-state index contributed by atoms with van der Waals surface area (Å²) in [5.74, 6) is 0.960. The zero-order chi connectivity index (χ0) is 20.9. The monoisotopic (exact) mass is 406 g/mol. The van der Waals surface area contributed by atoms with Crippen LogP contribution in [0.15, 0.2) is 66.9 Å². The van der Waals surface area contributed by atoms with Crippen molar-refractivity contribution in [1.82, 2.24) is 4.98 Å². The molecule has 1 fully saturated rings. The van der Waals surface area contributed by atoms with Crippen molar-refractivity contribution in [2.24, 2.45) is 0 Å². The van der Waals surface area contributed by atoms with Crippen molar-refractivity contribution in [1.29, 1.82) is 0 Å². The third kappa shape index (κ3) is 4.35. The van der Waals surface area contributed by atoms with Gasteiger partial charge < -0.3 is 19.9 Å². The number of hydrogen-bond donors (Lipinski definition) is 1. The Balaban J connectivity index is 1.39. The molecule has 7 heteroatoms. The molecule has 1 saturated heterocycles. The molecule has 3 aromatic rings. The van der Waals surface area contributed by atoms with Gasteiger partial charge in [-0.05, 0) is 54.6 Å². The lowest BCUT2D eigenvalue weighted by Gasteiger charge is -2.36. The van der Waals surface area contributed by atoms with Crippen LogP contribution in [0.2, 0.25) is 0 Å². The highest BCUT2D eigenvalue weighted by Crippen LogP contribution is 2.25. The van der Waals surface area contributed by atoms with Crippen molar-refractivity contribution in [3.8, 4) is 5.75 Å². The number of nitrogens with one attached hydrogen (secondary N) is 1. The number of ether oxygens (including phenoxy) is 1. The number of pyridine rings is 1. The first-order valence-corrected chi connectivity index (χ1v) is 9.80. The van der Waals surface area contributed by atoms with Crippen LogP contribution < -0.4 is 19.9 Å². The largest absolute Gasteiger partial charge is 0.497 e. The zero-order valence-corrected chi connectivity index (χ0v) is 16.7. The third-order valence-corrected chi connectivity index (χ3v) is 5.15. The molecule has 30 heavy (non-hydrogen) atoms. The van der Waals surface area contributed by atoms with Gasteiger partial charge in [0.2, 0.25) is 0 Å². The van der Waals surface area contributed by atoms with Crippen LogP contribution >= 0.6 is 0 Å². The van der Waals surface area contributed by atoms with E-state index in [9.17, 15) is 9.18 Å². The van der Waals surface area contributed by atoms with Crippen molar-refractivity contribution in [2.75, 3.05) is 48.4 Å². The van der Waals surface area contributed by atoms with Gasteiger partial charge in [0.25, 0.3) is 5.91 Å². The molecule has 0 saturated carbocycles. The van der Waals surface area contributed by atoms with Crippen LogP contribution in [0.5, 0.6) is 5.75 Å². The second kappa shape index (κ2) is 8.82. The van der Waals surface area contributed by atoms with E-state index in [0.29, 0.717) is 35.8 Å². The number of piperazine rings is 1. The summed E-state index contributed by atoms with van der Waals surface area (Å²) >= 11 is 0. The summed E-state index contributed by atoms with van der Waals surface area (Å²) in [6.45, 7) is 2.94. The van der Waals surface area contributed by atoms with Crippen LogP contribution in [0.25, 0.3) is 0 Å². The van der Waals surface area contributed by atoms with Crippen LogP contribution in [0, 0.1) is 5.82 Å². The van der Waals surface area contributed by atoms with Crippen LogP contribution in [0.1, 0.15) is 10.4 Å². The van der Waals surface area contributed by atoms with Crippen LogP contribution in [-0.2, 0) is 0 Å². The molecule has 0 unspecified atom stereocenters. The lowest BCUT2D eigenvalue weighted by molar-refractivity contribution is 0.102. The summed E-state index contributed by atoms with van der Waals surface area (Å²) in [5, 5.41) is 2.74. The van der Waals surface area contributed by atoms with Gasteiger partial charge in [0.05, 0.1) is 12.8 Å². The number of carbonyl (C=O) groups excluding carboxylic acids is 1. The molecule has 4 rings (SSSR count). The third-order valence-electron chi connectivity index (χ3n) is 5.15. The van der Waals surface area contributed by atoms with E-state index in [4.69, 9.17) is 4.74 Å². The Bertz CT molecular complexity index is 1000. The van der Waals surface area contributed by atoms with Crippen molar-refractivity contribution in [3.63, 3.8) is 0 Å². The molecule has 0 bridgehead atoms. The van der Waals surface area contributed by atoms with Gasteiger partial charge in [-0.15, -0.1) is 0 Å². The fourth-order valence-corrected chi connectivity index (χ4v) is 3.50. The molecule has 1 amide bonds. The highest BCUT2D eigenvalue weighted by atomic mass is 19.1. The summed E-state index contributed by atoms with van der Waals surface area (Å²) in [6, 6.07) is 17.4. The summed E-state index contributed by atoms with van der Waals surface area (Å²) in [5.41, 5.74) is 1.44. The molecule has 154 valence electrons. The zero-order valence-electron chi connectivity index (χ0n) is 16.7. The van der Waals surface area contributed by atoms with Gasteiger partial charge in [-0.1, -0.05) is 6.07 Å². The Morgan fingerprint density at radius 1 is 1.00 bits per heavy atom. The van der Waals surface area contributed by atoms with Crippen LogP contribution in [0.3, 0.4) is 0 Å². The highest BCUT2D eigenvalue weighted by molar-refractivity contribution is 6.04. The van der Waals surface area contributed by atoms with E-state index in [2.05, 4.69) is 15.2 Å². The molecule has 1 aliphatic heterocycles. The SMILES string of the molecule is COc1ccc(C(=O)Nc2ccc(N3CCN(c4ccccn4)CC3)c(F)c2)cc1. The number of methoxy groups -OCH3 is 1. The van der Waals surface area contributed by atoms with Crippen molar-refractivity contribution >= 4 is 23.1 Å². The van der Waals surface area contributed by atoms with E-state index in [-0.39, 0.29) is 11.7 Å². The second-order valence-corrected chi connectivity index (χ2v) is 7.01. The number of rotatable bonds is 5. The number of amides is 1. The summed E-state index contributed by atoms with van der Waals surface area (Å²) < 4.78 is 19.9. The van der Waals surface area contributed by atoms with Gasteiger partial charge in [-0.2, -0.15) is 0 Å². The van der Waals surface area contributed by atoms with Gasteiger partial charge in [0.15, 0.2) is 0 Å². The Hall–Kier alpha value is -3.61. The molecule has 1 aliphatic rings. The summed E-state index contributed by atoms with van der Waals surface area (Å²) in [6.07, 6.45) is 1.78. The predicted molar refractivity (Wildman–Crippen MR) is 116 cm³/mol. The first-order chi connectivity index (χ1) is 14.6. The second-order valence-electron chi connectivity index (χ2n) is 7.01. The Kier molecular flexibility index (Phi) is 5.79. The number of halogens is 1. The molecule has 0 aliphatic carbocycles. The van der Waals surface area contributed by atoms with Crippen LogP contribution in [-0.4, -0.2) is 44.2 Å². The normalized spacial score (nSPS) is 13.8. The average molecular weight is 406 g/mol. The van der Waals surface area contributed by atoms with E-state index in [1.54, 1.807) is 49.7 Å². The number of benzene rings is 2. The van der Waals surface area contributed by atoms with Crippen molar-refractivity contribution in [2.45, 2.75) is 0 Å². The minimum atomic E-state index is -0.353. The van der Waals surface area contributed by atoms with E-state index < -0.39 is 0 Å². The first kappa shape index (κ1) is 19.7. The average Bonchev–Trinajstić information content (AvgIpc) is 2.80. The van der Waals surface area contributed by atoms with Gasteiger partial charge in [-0.3, -0.25) is 4.79 Å². The van der Waals surface area contributed by atoms with E-state index >= 15 is 0 Å². The van der Waals surface area contributed by atoms with E-state index in [0.717, 1.165) is 18.9 Å². The molecule has 1 aromatic heterocycles. The number of carbonyl (C=O) groups is 1. The van der Waals surface area contributed by atoms with E-state index in [1.807, 2.05) is 23.1 Å². The standard InChI is InChI=1S/C23H23FN4O2/c1-30-19-8-5-17(6-9-19)23(29)26-18-7-10-21(20(24)16-18)27-12-14-28(15-13-27)22-4-2-3-11-25-22/h2-11,16H,12-15H2,1H3,(H,26,29). The summed E-state index contributed by atoms with van der Waals surface area (Å²) in [7, 11) is 1.57. The first-order valence-electron chi connectivity index (χ1n) is 9.80. The molecule has 0 atom stereocenters. The topological polar surface area (TPSA) is 57.7 Å². The van der Waals surface area contributed by atoms with E-state index in [1.165, 1.54) is 6.07 Å². The number of hydrogen-bond acceptors (Lipinski definition) is 5. The molecule has 2 heterocycles. The number of anilines is 3. The molecule has 1 N–H and O–H groups in total. The van der Waals surface area contributed by atoms with Gasteiger partial charge in [-0.25, -0.2) is 9.37 Å². The van der Waals surface area contributed by atoms with Crippen molar-refractivity contribution < 1.29 is 13.9 Å². The maximum absolute atomic E-state index is 14.8. The maximum atomic E-state index is 14.8. The van der Waals surface area contributed by atoms with Gasteiger partial charge in [0, 0.05) is 43.6 Å². The fraction of sp³-hybridized carbons (Fsp3) is 0.217. The van der Waals surface area contributed by atoms with Gasteiger partial charge >= 0.3 is 0 Å². The number of aromatic nitrogens is 1. The summed E-state index contributed by atoms with van der Waals surface area (Å²) in [4.78, 5) is 21.0. The molecule has 0 radical (unpaired) electrons. The molecular weight excluding hydrogens is 383 g/mol. The van der Waals surface area contributed by atoms with Crippen LogP contribution in [0.4, 0.5) is 21.6 Å². The number of nitrogens with zero attached hydrogens (tertiary/aromatic N) is 3. The Labute approximate surface area is 174 Å². The molecule has 6 nitrogen and oxygen atoms in total. The lowest BCUT2D eigenvalue weighted by Crippen LogP contribution is -2.47. The highest BCUT2D eigenvalue weighted by Gasteiger charge is 2.20. The van der Waals surface area contributed by atoms with Crippen molar-refractivity contribution in [3.05, 3.63) is 78.2 Å². The fourth-order valence-electron chi connectivity index (χ4n) is 3.50. The molecular formula is C23H23FN4O2.